The molecule has 18 heavy (non-hydrogen) atoms. The highest BCUT2D eigenvalue weighted by Gasteiger charge is 2.17. The van der Waals surface area contributed by atoms with E-state index in [1.165, 1.54) is 4.90 Å². The molecule has 2 amide bonds. The van der Waals surface area contributed by atoms with Crippen LogP contribution >= 0.6 is 0 Å². The van der Waals surface area contributed by atoms with Crippen molar-refractivity contribution >= 4 is 11.8 Å². The van der Waals surface area contributed by atoms with Gasteiger partial charge in [0.1, 0.15) is 6.54 Å². The fourth-order valence-electron chi connectivity index (χ4n) is 1.71. The Morgan fingerprint density at radius 1 is 1.28 bits per heavy atom. The summed E-state index contributed by atoms with van der Waals surface area (Å²) >= 11 is 0. The van der Waals surface area contributed by atoms with Crippen LogP contribution in [0, 0.1) is 11.8 Å². The molecule has 0 aromatic heterocycles. The van der Waals surface area contributed by atoms with Crippen LogP contribution in [0.3, 0.4) is 0 Å². The molecule has 2 rings (SSSR count). The molecule has 1 aromatic rings. The molecule has 1 aliphatic rings. The van der Waals surface area contributed by atoms with Gasteiger partial charge in [-0.15, -0.1) is 0 Å². The summed E-state index contributed by atoms with van der Waals surface area (Å²) in [5.41, 5.74) is 0.796. The van der Waals surface area contributed by atoms with E-state index in [0.29, 0.717) is 13.1 Å². The zero-order valence-corrected chi connectivity index (χ0v) is 9.98. The molecule has 4 heteroatoms. The Balaban J connectivity index is 2.03. The van der Waals surface area contributed by atoms with E-state index in [9.17, 15) is 9.59 Å². The monoisotopic (exact) mass is 242 g/mol. The first-order chi connectivity index (χ1) is 8.75. The molecule has 92 valence electrons. The minimum absolute atomic E-state index is 0.0995. The summed E-state index contributed by atoms with van der Waals surface area (Å²) in [5, 5.41) is 2.72. The third-order valence-electron chi connectivity index (χ3n) is 2.64. The number of benzene rings is 1. The molecule has 0 bridgehead atoms. The van der Waals surface area contributed by atoms with Gasteiger partial charge in [-0.1, -0.05) is 24.1 Å². The Labute approximate surface area is 106 Å². The normalized spacial score (nSPS) is 15.1. The highest BCUT2D eigenvalue weighted by molar-refractivity contribution is 5.96. The van der Waals surface area contributed by atoms with E-state index in [-0.39, 0.29) is 18.4 Å². The predicted octanol–water partition coefficient (Wildman–Crippen LogP) is 0.387. The minimum Gasteiger partial charge on any atom is -0.354 e. The molecule has 0 spiro atoms. The highest BCUT2D eigenvalue weighted by Crippen LogP contribution is 1.98. The summed E-state index contributed by atoms with van der Waals surface area (Å²) < 4.78 is 0. The first-order valence-corrected chi connectivity index (χ1v) is 5.88. The van der Waals surface area contributed by atoms with Gasteiger partial charge in [0.25, 0.3) is 5.91 Å². The van der Waals surface area contributed by atoms with Gasteiger partial charge in [-0.3, -0.25) is 9.59 Å². The topological polar surface area (TPSA) is 49.4 Å². The van der Waals surface area contributed by atoms with Crippen LogP contribution in [0.25, 0.3) is 0 Å². The van der Waals surface area contributed by atoms with Gasteiger partial charge in [0, 0.05) is 24.6 Å². The quantitative estimate of drug-likeness (QED) is 0.669. The largest absolute Gasteiger partial charge is 0.354 e. The second-order valence-corrected chi connectivity index (χ2v) is 4.05. The zero-order chi connectivity index (χ0) is 12.8. The average molecular weight is 242 g/mol. The third-order valence-corrected chi connectivity index (χ3v) is 2.64. The van der Waals surface area contributed by atoms with Crippen LogP contribution in [0.5, 0.6) is 0 Å². The summed E-state index contributed by atoms with van der Waals surface area (Å²) in [6, 6.07) is 9.32. The average Bonchev–Trinajstić information content (AvgIpc) is 2.62. The van der Waals surface area contributed by atoms with Crippen molar-refractivity contribution in [2.45, 2.75) is 6.42 Å². The molecular weight excluding hydrogens is 228 g/mol. The Morgan fingerprint density at radius 3 is 2.83 bits per heavy atom. The van der Waals surface area contributed by atoms with Crippen molar-refractivity contribution in [3.8, 4) is 11.8 Å². The smallest absolute Gasteiger partial charge is 0.299 e. The summed E-state index contributed by atoms with van der Waals surface area (Å²) in [5.74, 6) is 4.96. The molecule has 4 nitrogen and oxygen atoms in total. The number of amides is 2. The van der Waals surface area contributed by atoms with Crippen molar-refractivity contribution < 1.29 is 9.59 Å². The standard InChI is InChI=1S/C14H14N2O2/c17-13-11-16(10-4-9-15-13)14(18)8-7-12-5-2-1-3-6-12/h1-3,5-6H,4,9-11H2,(H,15,17). The zero-order valence-electron chi connectivity index (χ0n) is 9.98. The molecule has 0 unspecified atom stereocenters. The molecule has 1 aliphatic heterocycles. The van der Waals surface area contributed by atoms with Crippen molar-refractivity contribution in [1.29, 1.82) is 0 Å². The fraction of sp³-hybridized carbons (Fsp3) is 0.286. The number of nitrogens with zero attached hydrogens (tertiary/aromatic N) is 1. The van der Waals surface area contributed by atoms with Gasteiger partial charge in [0.2, 0.25) is 5.91 Å². The van der Waals surface area contributed by atoms with Gasteiger partial charge < -0.3 is 10.2 Å². The van der Waals surface area contributed by atoms with Gasteiger partial charge in [-0.25, -0.2) is 0 Å². The van der Waals surface area contributed by atoms with Crippen LogP contribution in [0.4, 0.5) is 0 Å². The summed E-state index contributed by atoms with van der Waals surface area (Å²) in [6.07, 6.45) is 0.768. The van der Waals surface area contributed by atoms with Crippen molar-refractivity contribution in [2.75, 3.05) is 19.6 Å². The first-order valence-electron chi connectivity index (χ1n) is 5.88. The third kappa shape index (κ3) is 3.36. The molecule has 0 radical (unpaired) electrons. The maximum absolute atomic E-state index is 11.8. The first kappa shape index (κ1) is 12.2. The van der Waals surface area contributed by atoms with Gasteiger partial charge in [-0.2, -0.15) is 0 Å². The molecule has 1 N–H and O–H groups in total. The maximum Gasteiger partial charge on any atom is 0.299 e. The Morgan fingerprint density at radius 2 is 2.06 bits per heavy atom. The molecule has 0 atom stereocenters. The number of hydrogen-bond acceptors (Lipinski definition) is 2. The SMILES string of the molecule is O=C1CN(C(=O)C#Cc2ccccc2)CCCN1. The number of carbonyl (C=O) groups excluding carboxylic acids is 2. The lowest BCUT2D eigenvalue weighted by atomic mass is 10.2. The number of rotatable bonds is 0. The van der Waals surface area contributed by atoms with E-state index in [0.717, 1.165) is 12.0 Å². The van der Waals surface area contributed by atoms with Crippen molar-refractivity contribution in [3.63, 3.8) is 0 Å². The minimum atomic E-state index is -0.295. The highest BCUT2D eigenvalue weighted by atomic mass is 16.2. The Kier molecular flexibility index (Phi) is 3.98. The Hall–Kier alpha value is -2.28. The van der Waals surface area contributed by atoms with Crippen LogP contribution in [0.2, 0.25) is 0 Å². The van der Waals surface area contributed by atoms with E-state index in [4.69, 9.17) is 0 Å². The predicted molar refractivity (Wildman–Crippen MR) is 67.5 cm³/mol. The number of hydrogen-bond donors (Lipinski definition) is 1. The fourth-order valence-corrected chi connectivity index (χ4v) is 1.71. The van der Waals surface area contributed by atoms with E-state index < -0.39 is 0 Å². The Bertz CT molecular complexity index is 500. The molecule has 1 fully saturated rings. The van der Waals surface area contributed by atoms with Gasteiger partial charge in [0.05, 0.1) is 0 Å². The summed E-state index contributed by atoms with van der Waals surface area (Å²) in [7, 11) is 0. The van der Waals surface area contributed by atoms with Gasteiger partial charge in [-0.05, 0) is 18.6 Å². The lowest BCUT2D eigenvalue weighted by Gasteiger charge is -2.14. The molecule has 1 aromatic carbocycles. The van der Waals surface area contributed by atoms with E-state index in [2.05, 4.69) is 17.2 Å². The van der Waals surface area contributed by atoms with Gasteiger partial charge >= 0.3 is 0 Å². The maximum atomic E-state index is 11.8. The summed E-state index contributed by atoms with van der Waals surface area (Å²) in [4.78, 5) is 24.6. The molecule has 1 saturated heterocycles. The number of carbonyl (C=O) groups is 2. The van der Waals surface area contributed by atoms with Crippen molar-refractivity contribution in [1.82, 2.24) is 10.2 Å². The number of nitrogens with one attached hydrogen (secondary N) is 1. The second-order valence-electron chi connectivity index (χ2n) is 4.05. The lowest BCUT2D eigenvalue weighted by Crippen LogP contribution is -2.36. The van der Waals surface area contributed by atoms with E-state index in [1.807, 2.05) is 30.3 Å². The molecule has 1 heterocycles. The van der Waals surface area contributed by atoms with E-state index >= 15 is 0 Å². The van der Waals surface area contributed by atoms with Crippen LogP contribution in [0.1, 0.15) is 12.0 Å². The molecule has 0 saturated carbocycles. The van der Waals surface area contributed by atoms with Crippen LogP contribution in [-0.2, 0) is 9.59 Å². The van der Waals surface area contributed by atoms with Gasteiger partial charge in [0.15, 0.2) is 0 Å². The molecular formula is C14H14N2O2. The second kappa shape index (κ2) is 5.87. The van der Waals surface area contributed by atoms with Crippen molar-refractivity contribution in [2.24, 2.45) is 0 Å². The van der Waals surface area contributed by atoms with Crippen LogP contribution in [0.15, 0.2) is 30.3 Å². The van der Waals surface area contributed by atoms with E-state index in [1.54, 1.807) is 0 Å². The van der Waals surface area contributed by atoms with Crippen LogP contribution in [-0.4, -0.2) is 36.3 Å². The van der Waals surface area contributed by atoms with Crippen molar-refractivity contribution in [3.05, 3.63) is 35.9 Å². The summed E-state index contributed by atoms with van der Waals surface area (Å²) in [6.45, 7) is 1.29. The van der Waals surface area contributed by atoms with Crippen LogP contribution < -0.4 is 5.32 Å². The lowest BCUT2D eigenvalue weighted by molar-refractivity contribution is -0.130. The molecule has 0 aliphatic carbocycles.